The lowest BCUT2D eigenvalue weighted by Gasteiger charge is -2.18. The summed E-state index contributed by atoms with van der Waals surface area (Å²) in [5.41, 5.74) is 1.07. The largest absolute Gasteiger partial charge is 0.489 e. The van der Waals surface area contributed by atoms with Gasteiger partial charge in [0.25, 0.3) is 0 Å². The quantitative estimate of drug-likeness (QED) is 0.742. The van der Waals surface area contributed by atoms with E-state index >= 15 is 0 Å². The van der Waals surface area contributed by atoms with Crippen molar-refractivity contribution >= 4 is 17.3 Å². The molecule has 1 unspecified atom stereocenters. The Hall–Kier alpha value is -0.890. The maximum Gasteiger partial charge on any atom is 0.138 e. The summed E-state index contributed by atoms with van der Waals surface area (Å²) in [5.74, 6) is 0.751. The van der Waals surface area contributed by atoms with Crippen LogP contribution in [0.15, 0.2) is 18.2 Å². The molecule has 0 spiro atoms. The summed E-state index contributed by atoms with van der Waals surface area (Å²) in [6.45, 7) is 8.40. The number of halogens is 1. The molecule has 102 valence electrons. The molecule has 0 aliphatic carbocycles. The summed E-state index contributed by atoms with van der Waals surface area (Å²) in [5, 5.41) is 4.18. The number of anilines is 1. The van der Waals surface area contributed by atoms with Crippen molar-refractivity contribution in [3.8, 4) is 5.75 Å². The molecule has 1 aromatic rings. The van der Waals surface area contributed by atoms with Crippen LogP contribution in [0, 0.1) is 0 Å². The molecule has 0 aromatic heterocycles. The second-order valence-corrected chi connectivity index (χ2v) is 5.26. The fourth-order valence-electron chi connectivity index (χ4n) is 1.90. The van der Waals surface area contributed by atoms with Crippen molar-refractivity contribution in [3.05, 3.63) is 23.2 Å². The fraction of sp³-hybridized carbons (Fsp3) is 0.600. The third-order valence-corrected chi connectivity index (χ3v) is 3.09. The lowest BCUT2D eigenvalue weighted by molar-refractivity contribution is 0.242. The van der Waals surface area contributed by atoms with Gasteiger partial charge in [-0.15, -0.1) is 0 Å². The second kappa shape index (κ2) is 7.52. The lowest BCUT2D eigenvalue weighted by Crippen LogP contribution is -2.17. The van der Waals surface area contributed by atoms with E-state index in [1.165, 1.54) is 12.8 Å². The Bertz CT molecular complexity index is 366. The first-order valence-corrected chi connectivity index (χ1v) is 7.17. The van der Waals surface area contributed by atoms with Gasteiger partial charge in [0.1, 0.15) is 5.75 Å². The minimum atomic E-state index is 0.143. The number of hydrogen-bond acceptors (Lipinski definition) is 2. The van der Waals surface area contributed by atoms with Gasteiger partial charge in [-0.3, -0.25) is 0 Å². The summed E-state index contributed by atoms with van der Waals surface area (Å²) in [6.07, 6.45) is 3.63. The molecule has 0 bridgehead atoms. The first-order valence-electron chi connectivity index (χ1n) is 6.79. The summed E-state index contributed by atoms with van der Waals surface area (Å²) in [7, 11) is 0. The van der Waals surface area contributed by atoms with E-state index in [2.05, 4.69) is 19.2 Å². The predicted octanol–water partition coefficient (Wildman–Crippen LogP) is 5.12. The van der Waals surface area contributed by atoms with E-state index < -0.39 is 0 Å². The third kappa shape index (κ3) is 4.77. The van der Waals surface area contributed by atoms with Gasteiger partial charge in [0.15, 0.2) is 0 Å². The highest BCUT2D eigenvalue weighted by molar-refractivity contribution is 6.32. The van der Waals surface area contributed by atoms with Crippen LogP contribution in [-0.2, 0) is 0 Å². The van der Waals surface area contributed by atoms with Gasteiger partial charge in [-0.05, 0) is 44.9 Å². The van der Waals surface area contributed by atoms with E-state index in [1.54, 1.807) is 0 Å². The van der Waals surface area contributed by atoms with Crippen LogP contribution < -0.4 is 10.1 Å². The Morgan fingerprint density at radius 2 is 2.00 bits per heavy atom. The molecule has 0 heterocycles. The molecule has 0 saturated carbocycles. The molecule has 1 aromatic carbocycles. The average molecular weight is 270 g/mol. The fourth-order valence-corrected chi connectivity index (χ4v) is 2.13. The molecule has 0 fully saturated rings. The zero-order chi connectivity index (χ0) is 13.5. The molecule has 0 saturated heterocycles. The molecule has 2 nitrogen and oxygen atoms in total. The van der Waals surface area contributed by atoms with Crippen molar-refractivity contribution in [2.75, 3.05) is 5.32 Å². The lowest BCUT2D eigenvalue weighted by atomic mass is 10.1. The van der Waals surface area contributed by atoms with Crippen LogP contribution in [0.25, 0.3) is 0 Å². The number of hydrogen-bond donors (Lipinski definition) is 1. The van der Waals surface area contributed by atoms with E-state index in [0.717, 1.165) is 17.9 Å². The topological polar surface area (TPSA) is 21.3 Å². The van der Waals surface area contributed by atoms with Crippen LogP contribution in [0.4, 0.5) is 5.69 Å². The molecule has 1 rings (SSSR count). The highest BCUT2D eigenvalue weighted by Crippen LogP contribution is 2.29. The number of benzene rings is 1. The van der Waals surface area contributed by atoms with Gasteiger partial charge in [-0.25, -0.2) is 0 Å². The maximum absolute atomic E-state index is 6.21. The molecule has 3 heteroatoms. The highest BCUT2D eigenvalue weighted by atomic mass is 35.5. The second-order valence-electron chi connectivity index (χ2n) is 4.85. The van der Waals surface area contributed by atoms with Gasteiger partial charge < -0.3 is 10.1 Å². The van der Waals surface area contributed by atoms with E-state index in [-0.39, 0.29) is 6.10 Å². The summed E-state index contributed by atoms with van der Waals surface area (Å²) in [6, 6.07) is 6.42. The van der Waals surface area contributed by atoms with Gasteiger partial charge in [-0.1, -0.05) is 31.9 Å². The van der Waals surface area contributed by atoms with Gasteiger partial charge in [0, 0.05) is 11.7 Å². The molecular weight excluding hydrogens is 246 g/mol. The standard InChI is InChI=1S/C15H24ClNO/c1-5-7-12(6-2)17-13-8-9-15(14(16)10-13)18-11(3)4/h8-12,17H,5-7H2,1-4H3. The molecule has 0 amide bonds. The molecule has 0 aliphatic rings. The molecule has 0 aliphatic heterocycles. The Kier molecular flexibility index (Phi) is 6.34. The molecule has 0 radical (unpaired) electrons. The Morgan fingerprint density at radius 1 is 1.28 bits per heavy atom. The Balaban J connectivity index is 2.71. The van der Waals surface area contributed by atoms with Crippen molar-refractivity contribution in [3.63, 3.8) is 0 Å². The van der Waals surface area contributed by atoms with Crippen LogP contribution in [-0.4, -0.2) is 12.1 Å². The van der Waals surface area contributed by atoms with Crippen LogP contribution in [0.1, 0.15) is 47.0 Å². The molecule has 1 N–H and O–H groups in total. The van der Waals surface area contributed by atoms with Crippen LogP contribution >= 0.6 is 11.6 Å². The van der Waals surface area contributed by atoms with Crippen molar-refractivity contribution in [1.82, 2.24) is 0 Å². The van der Waals surface area contributed by atoms with Crippen LogP contribution in [0.2, 0.25) is 5.02 Å². The van der Waals surface area contributed by atoms with Gasteiger partial charge in [-0.2, -0.15) is 0 Å². The third-order valence-electron chi connectivity index (χ3n) is 2.80. The maximum atomic E-state index is 6.21. The summed E-state index contributed by atoms with van der Waals surface area (Å²) in [4.78, 5) is 0. The number of rotatable bonds is 7. The van der Waals surface area contributed by atoms with Crippen LogP contribution in [0.5, 0.6) is 5.75 Å². The monoisotopic (exact) mass is 269 g/mol. The highest BCUT2D eigenvalue weighted by Gasteiger charge is 2.08. The minimum Gasteiger partial charge on any atom is -0.489 e. The van der Waals surface area contributed by atoms with Gasteiger partial charge in [0.2, 0.25) is 0 Å². The van der Waals surface area contributed by atoms with Crippen molar-refractivity contribution < 1.29 is 4.74 Å². The van der Waals surface area contributed by atoms with Gasteiger partial charge in [0.05, 0.1) is 11.1 Å². The van der Waals surface area contributed by atoms with E-state index in [1.807, 2.05) is 32.0 Å². The zero-order valence-electron chi connectivity index (χ0n) is 11.8. The van der Waals surface area contributed by atoms with Crippen molar-refractivity contribution in [2.24, 2.45) is 0 Å². The zero-order valence-corrected chi connectivity index (χ0v) is 12.6. The SMILES string of the molecule is CCCC(CC)Nc1ccc(OC(C)C)c(Cl)c1. The molecule has 1 atom stereocenters. The van der Waals surface area contributed by atoms with E-state index in [9.17, 15) is 0 Å². The summed E-state index contributed by atoms with van der Waals surface area (Å²) >= 11 is 6.21. The molecule has 18 heavy (non-hydrogen) atoms. The Morgan fingerprint density at radius 3 is 2.50 bits per heavy atom. The predicted molar refractivity (Wildman–Crippen MR) is 79.8 cm³/mol. The Labute approximate surface area is 116 Å². The first kappa shape index (κ1) is 15.2. The van der Waals surface area contributed by atoms with Crippen LogP contribution in [0.3, 0.4) is 0 Å². The smallest absolute Gasteiger partial charge is 0.138 e. The number of ether oxygens (including phenoxy) is 1. The van der Waals surface area contributed by atoms with E-state index in [0.29, 0.717) is 11.1 Å². The van der Waals surface area contributed by atoms with Crippen molar-refractivity contribution in [1.29, 1.82) is 0 Å². The summed E-state index contributed by atoms with van der Waals surface area (Å²) < 4.78 is 5.62. The van der Waals surface area contributed by atoms with Crippen molar-refractivity contribution in [2.45, 2.75) is 59.1 Å². The average Bonchev–Trinajstić information content (AvgIpc) is 2.31. The van der Waals surface area contributed by atoms with Gasteiger partial charge >= 0.3 is 0 Å². The number of nitrogens with one attached hydrogen (secondary N) is 1. The van der Waals surface area contributed by atoms with E-state index in [4.69, 9.17) is 16.3 Å². The molecular formula is C15H24ClNO. The normalized spacial score (nSPS) is 12.6. The first-order chi connectivity index (χ1) is 8.56. The minimum absolute atomic E-state index is 0.143.